The van der Waals surface area contributed by atoms with E-state index in [0.29, 0.717) is 5.92 Å². The number of pyridine rings is 1. The van der Waals surface area contributed by atoms with Crippen molar-refractivity contribution < 1.29 is 9.47 Å². The van der Waals surface area contributed by atoms with Crippen molar-refractivity contribution in [3.05, 3.63) is 35.5 Å². The number of methoxy groups -OCH3 is 2. The van der Waals surface area contributed by atoms with Crippen LogP contribution in [0.25, 0.3) is 21.5 Å². The maximum atomic E-state index is 5.67. The second kappa shape index (κ2) is 5.93. The smallest absolute Gasteiger partial charge is 0.143 e. The molecule has 4 nitrogen and oxygen atoms in total. The normalized spacial score (nSPS) is 11.1. The highest BCUT2D eigenvalue weighted by molar-refractivity contribution is 7.13. The Balaban J connectivity index is 2.25. The van der Waals surface area contributed by atoms with Gasteiger partial charge >= 0.3 is 0 Å². The lowest BCUT2D eigenvalue weighted by atomic mass is 10.1. The first-order chi connectivity index (χ1) is 10.7. The molecule has 114 valence electrons. The van der Waals surface area contributed by atoms with E-state index in [0.717, 1.165) is 38.7 Å². The van der Waals surface area contributed by atoms with Gasteiger partial charge in [0.15, 0.2) is 0 Å². The summed E-state index contributed by atoms with van der Waals surface area (Å²) in [5.74, 6) is 1.91. The number of rotatable bonds is 4. The van der Waals surface area contributed by atoms with Crippen LogP contribution < -0.4 is 9.47 Å². The molecule has 0 saturated carbocycles. The van der Waals surface area contributed by atoms with E-state index in [9.17, 15) is 0 Å². The molecule has 0 aliphatic heterocycles. The summed E-state index contributed by atoms with van der Waals surface area (Å²) in [6.45, 7) is 4.27. The third-order valence-electron chi connectivity index (χ3n) is 3.58. The average molecular weight is 314 g/mol. The van der Waals surface area contributed by atoms with Crippen molar-refractivity contribution in [2.75, 3.05) is 14.2 Å². The lowest BCUT2D eigenvalue weighted by molar-refractivity contribution is 0.405. The minimum atomic E-state index is 0.402. The van der Waals surface area contributed by atoms with Crippen LogP contribution in [0, 0.1) is 0 Å². The zero-order valence-corrected chi connectivity index (χ0v) is 13.9. The number of fused-ring (bicyclic) bond motifs is 1. The van der Waals surface area contributed by atoms with Crippen LogP contribution in [-0.2, 0) is 0 Å². The van der Waals surface area contributed by atoms with Crippen LogP contribution in [0.4, 0.5) is 0 Å². The fraction of sp³-hybridized carbons (Fsp3) is 0.294. The Labute approximate surface area is 133 Å². The molecule has 0 aliphatic rings. The summed E-state index contributed by atoms with van der Waals surface area (Å²) in [7, 11) is 3.32. The molecule has 2 heterocycles. The summed E-state index contributed by atoms with van der Waals surface area (Å²) in [5, 5.41) is 3.89. The molecule has 0 saturated heterocycles. The van der Waals surface area contributed by atoms with Crippen LogP contribution in [0.5, 0.6) is 11.5 Å². The predicted molar refractivity (Wildman–Crippen MR) is 90.0 cm³/mol. The van der Waals surface area contributed by atoms with Crippen molar-refractivity contribution in [1.29, 1.82) is 0 Å². The fourth-order valence-corrected chi connectivity index (χ4v) is 3.38. The van der Waals surface area contributed by atoms with E-state index in [1.54, 1.807) is 25.6 Å². The largest absolute Gasteiger partial charge is 0.496 e. The Bertz CT molecular complexity index is 812. The SMILES string of the molecule is COc1cccc2ncc(-c3nc(C(C)C)cs3)c(OC)c12. The van der Waals surface area contributed by atoms with Crippen molar-refractivity contribution in [3.63, 3.8) is 0 Å². The van der Waals surface area contributed by atoms with Crippen LogP contribution in [0.1, 0.15) is 25.5 Å². The molecule has 0 N–H and O–H groups in total. The van der Waals surface area contributed by atoms with Gasteiger partial charge in [0.05, 0.1) is 36.4 Å². The van der Waals surface area contributed by atoms with Crippen LogP contribution in [0.15, 0.2) is 29.8 Å². The molecule has 0 bridgehead atoms. The molecule has 0 fully saturated rings. The molecule has 5 heteroatoms. The number of hydrogen-bond acceptors (Lipinski definition) is 5. The quantitative estimate of drug-likeness (QED) is 0.711. The van der Waals surface area contributed by atoms with Crippen molar-refractivity contribution in [3.8, 4) is 22.1 Å². The molecule has 0 amide bonds. The lowest BCUT2D eigenvalue weighted by Gasteiger charge is -2.12. The Morgan fingerprint density at radius 2 is 1.95 bits per heavy atom. The lowest BCUT2D eigenvalue weighted by Crippen LogP contribution is -1.95. The average Bonchev–Trinajstić information content (AvgIpc) is 3.03. The molecule has 0 spiro atoms. The van der Waals surface area contributed by atoms with Gasteiger partial charge in [-0.15, -0.1) is 11.3 Å². The maximum Gasteiger partial charge on any atom is 0.143 e. The first kappa shape index (κ1) is 14.8. The van der Waals surface area contributed by atoms with Gasteiger partial charge in [-0.2, -0.15) is 0 Å². The molecule has 3 rings (SSSR count). The minimum Gasteiger partial charge on any atom is -0.496 e. The zero-order valence-electron chi connectivity index (χ0n) is 13.1. The molecule has 3 aromatic rings. The van der Waals surface area contributed by atoms with E-state index < -0.39 is 0 Å². The van der Waals surface area contributed by atoms with E-state index in [-0.39, 0.29) is 0 Å². The second-order valence-electron chi connectivity index (χ2n) is 5.29. The van der Waals surface area contributed by atoms with Gasteiger partial charge in [-0.3, -0.25) is 4.98 Å². The van der Waals surface area contributed by atoms with Gasteiger partial charge in [0.25, 0.3) is 0 Å². The molecule has 0 atom stereocenters. The Kier molecular flexibility index (Phi) is 3.98. The monoisotopic (exact) mass is 314 g/mol. The van der Waals surface area contributed by atoms with E-state index >= 15 is 0 Å². The molecule has 0 unspecified atom stereocenters. The standard InChI is InChI=1S/C17H18N2O2S/c1-10(2)13-9-22-17(19-13)11-8-18-12-6-5-7-14(20-3)15(12)16(11)21-4/h5-10H,1-4H3. The third-order valence-corrected chi connectivity index (χ3v) is 4.47. The Hall–Kier alpha value is -2.14. The molecular weight excluding hydrogens is 296 g/mol. The molecule has 1 aromatic carbocycles. The number of thiazole rings is 1. The predicted octanol–water partition coefficient (Wildman–Crippen LogP) is 4.50. The van der Waals surface area contributed by atoms with Crippen LogP contribution in [0.2, 0.25) is 0 Å². The summed E-state index contributed by atoms with van der Waals surface area (Å²) in [4.78, 5) is 9.24. The zero-order chi connectivity index (χ0) is 15.7. The Morgan fingerprint density at radius 1 is 1.14 bits per heavy atom. The highest BCUT2D eigenvalue weighted by Gasteiger charge is 2.18. The summed E-state index contributed by atoms with van der Waals surface area (Å²) < 4.78 is 11.1. The number of ether oxygens (including phenoxy) is 2. The second-order valence-corrected chi connectivity index (χ2v) is 6.15. The summed E-state index contributed by atoms with van der Waals surface area (Å²) in [5.41, 5.74) is 2.83. The van der Waals surface area contributed by atoms with E-state index in [4.69, 9.17) is 14.5 Å². The minimum absolute atomic E-state index is 0.402. The van der Waals surface area contributed by atoms with Crippen molar-refractivity contribution in [2.45, 2.75) is 19.8 Å². The first-order valence-electron chi connectivity index (χ1n) is 7.11. The Morgan fingerprint density at radius 3 is 2.59 bits per heavy atom. The van der Waals surface area contributed by atoms with Gasteiger partial charge in [-0.25, -0.2) is 4.98 Å². The third kappa shape index (κ3) is 2.41. The van der Waals surface area contributed by atoms with Gasteiger partial charge in [0.2, 0.25) is 0 Å². The summed E-state index contributed by atoms with van der Waals surface area (Å²) in [6, 6.07) is 5.79. The van der Waals surface area contributed by atoms with E-state index in [2.05, 4.69) is 24.2 Å². The van der Waals surface area contributed by atoms with Gasteiger partial charge in [0, 0.05) is 11.6 Å². The highest BCUT2D eigenvalue weighted by Crippen LogP contribution is 2.41. The summed E-state index contributed by atoms with van der Waals surface area (Å²) >= 11 is 1.61. The van der Waals surface area contributed by atoms with Crippen molar-refractivity contribution in [2.24, 2.45) is 0 Å². The molecular formula is C17H18N2O2S. The molecule has 22 heavy (non-hydrogen) atoms. The van der Waals surface area contributed by atoms with Gasteiger partial charge in [-0.1, -0.05) is 19.9 Å². The van der Waals surface area contributed by atoms with Gasteiger partial charge < -0.3 is 9.47 Å². The number of aromatic nitrogens is 2. The number of hydrogen-bond donors (Lipinski definition) is 0. The fourth-order valence-electron chi connectivity index (χ4n) is 2.39. The van der Waals surface area contributed by atoms with E-state index in [1.807, 2.05) is 24.4 Å². The molecule has 0 radical (unpaired) electrons. The van der Waals surface area contributed by atoms with Crippen LogP contribution in [-0.4, -0.2) is 24.2 Å². The number of nitrogens with zero attached hydrogens (tertiary/aromatic N) is 2. The van der Waals surface area contributed by atoms with Gasteiger partial charge in [0.1, 0.15) is 16.5 Å². The van der Waals surface area contributed by atoms with Crippen molar-refractivity contribution in [1.82, 2.24) is 9.97 Å². The first-order valence-corrected chi connectivity index (χ1v) is 7.99. The van der Waals surface area contributed by atoms with Crippen molar-refractivity contribution >= 4 is 22.2 Å². The van der Waals surface area contributed by atoms with E-state index in [1.165, 1.54) is 0 Å². The topological polar surface area (TPSA) is 44.2 Å². The highest BCUT2D eigenvalue weighted by atomic mass is 32.1. The maximum absolute atomic E-state index is 5.67. The molecule has 0 aliphatic carbocycles. The van der Waals surface area contributed by atoms with Gasteiger partial charge in [-0.05, 0) is 18.1 Å². The summed E-state index contributed by atoms with van der Waals surface area (Å²) in [6.07, 6.45) is 1.82. The number of benzene rings is 1. The van der Waals surface area contributed by atoms with Crippen LogP contribution in [0.3, 0.4) is 0 Å². The van der Waals surface area contributed by atoms with Crippen LogP contribution >= 0.6 is 11.3 Å². The molecule has 2 aromatic heterocycles.